The van der Waals surface area contributed by atoms with Gasteiger partial charge >= 0.3 is 12.7 Å². The normalized spacial score (nSPS) is 12.0. The molecule has 2 rings (SSSR count). The summed E-state index contributed by atoms with van der Waals surface area (Å²) in [6.07, 6.45) is -10.3. The number of carbonyl (C=O) groups excluding carboxylic acids is 1. The van der Waals surface area contributed by atoms with Crippen molar-refractivity contribution in [2.45, 2.75) is 38.4 Å². The zero-order valence-electron chi connectivity index (χ0n) is 15.0. The van der Waals surface area contributed by atoms with Crippen LogP contribution >= 0.6 is 23.2 Å². The van der Waals surface area contributed by atoms with E-state index in [1.807, 2.05) is 0 Å². The summed E-state index contributed by atoms with van der Waals surface area (Å²) in [5.74, 6) is -1.34. The van der Waals surface area contributed by atoms with Crippen molar-refractivity contribution in [2.24, 2.45) is 0 Å². The number of halogens is 8. The van der Waals surface area contributed by atoms with Crippen molar-refractivity contribution in [3.63, 3.8) is 0 Å². The van der Waals surface area contributed by atoms with Gasteiger partial charge in [-0.15, -0.1) is 26.3 Å². The van der Waals surface area contributed by atoms with Gasteiger partial charge in [0.05, 0.1) is 0 Å². The zero-order valence-corrected chi connectivity index (χ0v) is 16.6. The molecule has 0 spiro atoms. The Morgan fingerprint density at radius 3 is 1.43 bits per heavy atom. The van der Waals surface area contributed by atoms with Crippen LogP contribution in [-0.4, -0.2) is 18.5 Å². The summed E-state index contributed by atoms with van der Waals surface area (Å²) in [6.45, 7) is 0. The van der Waals surface area contributed by atoms with Crippen LogP contribution in [0.3, 0.4) is 0 Å². The molecule has 0 amide bonds. The van der Waals surface area contributed by atoms with Gasteiger partial charge in [-0.05, 0) is 60.4 Å². The third kappa shape index (κ3) is 8.31. The molecule has 0 aliphatic heterocycles. The average molecular weight is 475 g/mol. The molecule has 0 heterocycles. The average Bonchev–Trinajstić information content (AvgIpc) is 2.60. The number of Topliss-reactive ketones (excluding diaryl/α,β-unsaturated/α-hetero) is 1. The van der Waals surface area contributed by atoms with Gasteiger partial charge in [0.25, 0.3) is 0 Å². The van der Waals surface area contributed by atoms with E-state index in [-0.39, 0.29) is 52.6 Å². The molecule has 0 saturated heterocycles. The van der Waals surface area contributed by atoms with Crippen LogP contribution < -0.4 is 9.47 Å². The largest absolute Gasteiger partial charge is 0.573 e. The summed E-state index contributed by atoms with van der Waals surface area (Å²) < 4.78 is 82.8. The van der Waals surface area contributed by atoms with Crippen LogP contribution in [0.1, 0.15) is 24.0 Å². The Labute approximate surface area is 177 Å². The molecule has 2 aromatic carbocycles. The van der Waals surface area contributed by atoms with Gasteiger partial charge in [0.2, 0.25) is 0 Å². The second kappa shape index (κ2) is 9.78. The minimum absolute atomic E-state index is 0.0806. The molecule has 30 heavy (non-hydrogen) atoms. The first kappa shape index (κ1) is 24.1. The first-order chi connectivity index (χ1) is 13.8. The van der Waals surface area contributed by atoms with Gasteiger partial charge in [-0.2, -0.15) is 0 Å². The van der Waals surface area contributed by atoms with Gasteiger partial charge in [-0.1, -0.05) is 23.2 Å². The predicted molar refractivity (Wildman–Crippen MR) is 97.9 cm³/mol. The maximum absolute atomic E-state index is 12.5. The fourth-order valence-electron chi connectivity index (χ4n) is 2.61. The summed E-state index contributed by atoms with van der Waals surface area (Å²) >= 11 is 11.6. The topological polar surface area (TPSA) is 35.5 Å². The molecule has 0 atom stereocenters. The molecule has 0 aliphatic carbocycles. The van der Waals surface area contributed by atoms with Crippen LogP contribution in [0.15, 0.2) is 36.4 Å². The van der Waals surface area contributed by atoms with Crippen LogP contribution in [0, 0.1) is 0 Å². The lowest BCUT2D eigenvalue weighted by atomic mass is 10.0. The molecular weight excluding hydrogens is 461 g/mol. The first-order valence-electron chi connectivity index (χ1n) is 8.42. The highest BCUT2D eigenvalue weighted by molar-refractivity contribution is 6.31. The number of ether oxygens (including phenoxy) is 2. The van der Waals surface area contributed by atoms with Gasteiger partial charge in [0.1, 0.15) is 17.3 Å². The Bertz CT molecular complexity index is 825. The number of ketones is 1. The smallest absolute Gasteiger partial charge is 0.406 e. The van der Waals surface area contributed by atoms with E-state index < -0.39 is 24.2 Å². The van der Waals surface area contributed by atoms with E-state index >= 15 is 0 Å². The third-order valence-corrected chi connectivity index (χ3v) is 4.31. The lowest BCUT2D eigenvalue weighted by Crippen LogP contribution is -2.18. The molecule has 2 aromatic rings. The molecule has 0 N–H and O–H groups in total. The Morgan fingerprint density at radius 2 is 1.10 bits per heavy atom. The molecule has 0 aromatic heterocycles. The minimum atomic E-state index is -4.91. The standard InChI is InChI=1S/C19H14Cl2F6O3/c20-13-3-7-16(29-18(22,23)24)11(9-13)1-5-15(28)6-2-12-10-14(21)4-8-17(12)30-19(25,26)27/h3-4,7-10H,1-2,5-6H2. The number of carbonyl (C=O) groups is 1. The maximum atomic E-state index is 12.5. The van der Waals surface area contributed by atoms with E-state index in [4.69, 9.17) is 23.2 Å². The SMILES string of the molecule is O=C(CCc1cc(Cl)ccc1OC(F)(F)F)CCc1cc(Cl)ccc1OC(F)(F)F. The van der Waals surface area contributed by atoms with Crippen LogP contribution in [-0.2, 0) is 17.6 Å². The van der Waals surface area contributed by atoms with Crippen molar-refractivity contribution in [1.29, 1.82) is 0 Å². The Hall–Kier alpha value is -2.13. The highest BCUT2D eigenvalue weighted by Gasteiger charge is 2.33. The molecule has 0 fully saturated rings. The van der Waals surface area contributed by atoms with Crippen LogP contribution in [0.2, 0.25) is 10.0 Å². The molecule has 3 nitrogen and oxygen atoms in total. The van der Waals surface area contributed by atoms with Crippen molar-refractivity contribution >= 4 is 29.0 Å². The molecule has 0 radical (unpaired) electrons. The number of rotatable bonds is 8. The highest BCUT2D eigenvalue weighted by Crippen LogP contribution is 2.31. The Kier molecular flexibility index (Phi) is 7.87. The van der Waals surface area contributed by atoms with Crippen LogP contribution in [0.25, 0.3) is 0 Å². The van der Waals surface area contributed by atoms with Crippen LogP contribution in [0.4, 0.5) is 26.3 Å². The summed E-state index contributed by atoms with van der Waals surface area (Å²) in [4.78, 5) is 12.2. The van der Waals surface area contributed by atoms with Crippen molar-refractivity contribution < 1.29 is 40.6 Å². The Balaban J connectivity index is 2.02. The van der Waals surface area contributed by atoms with Gasteiger partial charge in [0, 0.05) is 22.9 Å². The molecule has 0 aliphatic rings. The monoisotopic (exact) mass is 474 g/mol. The van der Waals surface area contributed by atoms with Gasteiger partial charge in [-0.25, -0.2) is 0 Å². The molecule has 11 heteroatoms. The number of alkyl halides is 6. The maximum Gasteiger partial charge on any atom is 0.573 e. The Morgan fingerprint density at radius 1 is 0.733 bits per heavy atom. The first-order valence-corrected chi connectivity index (χ1v) is 9.18. The summed E-state index contributed by atoms with van der Waals surface area (Å²) in [5, 5.41) is 0.333. The van der Waals surface area contributed by atoms with E-state index in [2.05, 4.69) is 9.47 Å². The van der Waals surface area contributed by atoms with E-state index in [0.29, 0.717) is 0 Å². The molecular formula is C19H14Cl2F6O3. The van der Waals surface area contributed by atoms with Gasteiger partial charge in [0.15, 0.2) is 0 Å². The second-order valence-electron chi connectivity index (χ2n) is 6.14. The summed E-state index contributed by atoms with van der Waals surface area (Å²) in [7, 11) is 0. The number of hydrogen-bond donors (Lipinski definition) is 0. The molecule has 164 valence electrons. The number of benzene rings is 2. The van der Waals surface area contributed by atoms with Crippen molar-refractivity contribution in [1.82, 2.24) is 0 Å². The molecule has 0 unspecified atom stereocenters. The summed E-state index contributed by atoms with van der Waals surface area (Å²) in [6, 6.07) is 7.03. The fraction of sp³-hybridized carbons (Fsp3) is 0.316. The molecule has 0 bridgehead atoms. The van der Waals surface area contributed by atoms with E-state index in [0.717, 1.165) is 12.1 Å². The third-order valence-electron chi connectivity index (χ3n) is 3.84. The lowest BCUT2D eigenvalue weighted by Gasteiger charge is -2.14. The minimum Gasteiger partial charge on any atom is -0.406 e. The predicted octanol–water partition coefficient (Wildman–Crippen LogP) is 6.93. The van der Waals surface area contributed by atoms with Gasteiger partial charge in [-0.3, -0.25) is 4.79 Å². The van der Waals surface area contributed by atoms with E-state index in [9.17, 15) is 31.1 Å². The van der Waals surface area contributed by atoms with E-state index in [1.165, 1.54) is 24.3 Å². The fourth-order valence-corrected chi connectivity index (χ4v) is 3.00. The second-order valence-corrected chi connectivity index (χ2v) is 7.01. The van der Waals surface area contributed by atoms with Crippen molar-refractivity contribution in [3.8, 4) is 11.5 Å². The van der Waals surface area contributed by atoms with Crippen molar-refractivity contribution in [2.75, 3.05) is 0 Å². The van der Waals surface area contributed by atoms with Gasteiger partial charge < -0.3 is 9.47 Å². The quantitative estimate of drug-likeness (QED) is 0.389. The summed E-state index contributed by atoms with van der Waals surface area (Å²) in [5.41, 5.74) is 0.161. The van der Waals surface area contributed by atoms with Crippen molar-refractivity contribution in [3.05, 3.63) is 57.6 Å². The number of aryl methyl sites for hydroxylation is 2. The lowest BCUT2D eigenvalue weighted by molar-refractivity contribution is -0.275. The highest BCUT2D eigenvalue weighted by atomic mass is 35.5. The van der Waals surface area contributed by atoms with Crippen LogP contribution in [0.5, 0.6) is 11.5 Å². The molecule has 0 saturated carbocycles. The zero-order chi connectivity index (χ0) is 22.5. The van der Waals surface area contributed by atoms with E-state index in [1.54, 1.807) is 0 Å². The number of hydrogen-bond acceptors (Lipinski definition) is 3.